The highest BCUT2D eigenvalue weighted by molar-refractivity contribution is 6.05. The molecule has 1 aromatic carbocycles. The summed E-state index contributed by atoms with van der Waals surface area (Å²) in [7, 11) is 0. The molecule has 2 aromatic rings. The van der Waals surface area contributed by atoms with Gasteiger partial charge in [0.2, 0.25) is 0 Å². The minimum Gasteiger partial charge on any atom is -0.481 e. The number of carbonyl (C=O) groups is 3. The van der Waals surface area contributed by atoms with E-state index in [9.17, 15) is 19.5 Å². The molecule has 2 atom stereocenters. The molecule has 0 aliphatic heterocycles. The summed E-state index contributed by atoms with van der Waals surface area (Å²) in [5, 5.41) is 10.8. The molecule has 0 aliphatic rings. The molecule has 5 nitrogen and oxygen atoms in total. The Bertz CT molecular complexity index is 704. The van der Waals surface area contributed by atoms with E-state index in [4.69, 9.17) is 0 Å². The predicted octanol–water partition coefficient (Wildman–Crippen LogP) is 2.20. The van der Waals surface area contributed by atoms with E-state index in [1.165, 1.54) is 20.0 Å². The summed E-state index contributed by atoms with van der Waals surface area (Å²) in [6, 6.07) is 9.02. The molecule has 108 valence electrons. The van der Waals surface area contributed by atoms with Gasteiger partial charge in [0.25, 0.3) is 0 Å². The third kappa shape index (κ3) is 2.81. The number of carbonyl (C=O) groups excluding carboxylic acids is 2. The van der Waals surface area contributed by atoms with E-state index in [0.29, 0.717) is 11.1 Å². The average Bonchev–Trinajstić information content (AvgIpc) is 2.43. The first-order chi connectivity index (χ1) is 9.93. The maximum Gasteiger partial charge on any atom is 0.315 e. The highest BCUT2D eigenvalue weighted by Gasteiger charge is 2.38. The van der Waals surface area contributed by atoms with Gasteiger partial charge in [-0.1, -0.05) is 24.3 Å². The molecule has 5 heteroatoms. The number of pyridine rings is 1. The first-order valence-electron chi connectivity index (χ1n) is 6.51. The smallest absolute Gasteiger partial charge is 0.315 e. The van der Waals surface area contributed by atoms with Crippen molar-refractivity contribution >= 4 is 28.3 Å². The minimum atomic E-state index is -1.42. The van der Waals surface area contributed by atoms with Gasteiger partial charge in [-0.2, -0.15) is 0 Å². The summed E-state index contributed by atoms with van der Waals surface area (Å²) in [4.78, 5) is 39.2. The number of nitrogens with zero attached hydrogens (tertiary/aromatic N) is 1. The van der Waals surface area contributed by atoms with Crippen LogP contribution in [-0.2, 0) is 14.4 Å². The minimum absolute atomic E-state index is 0.336. The third-order valence-corrected chi connectivity index (χ3v) is 3.47. The van der Waals surface area contributed by atoms with Crippen molar-refractivity contribution in [3.8, 4) is 0 Å². The van der Waals surface area contributed by atoms with Crippen LogP contribution < -0.4 is 0 Å². The van der Waals surface area contributed by atoms with Gasteiger partial charge in [-0.25, -0.2) is 0 Å². The summed E-state index contributed by atoms with van der Waals surface area (Å²) < 4.78 is 0. The Labute approximate surface area is 121 Å². The van der Waals surface area contributed by atoms with Gasteiger partial charge in [0, 0.05) is 11.6 Å². The maximum absolute atomic E-state index is 12.0. The second kappa shape index (κ2) is 5.83. The largest absolute Gasteiger partial charge is 0.481 e. The fourth-order valence-electron chi connectivity index (χ4n) is 2.53. The molecule has 0 aliphatic carbocycles. The second-order valence-corrected chi connectivity index (χ2v) is 4.93. The number of rotatable bonds is 5. The molecule has 0 bridgehead atoms. The van der Waals surface area contributed by atoms with Crippen LogP contribution in [0.2, 0.25) is 0 Å². The van der Waals surface area contributed by atoms with E-state index >= 15 is 0 Å². The van der Waals surface area contributed by atoms with E-state index < -0.39 is 23.6 Å². The van der Waals surface area contributed by atoms with Crippen LogP contribution in [0, 0.1) is 5.92 Å². The zero-order valence-electron chi connectivity index (χ0n) is 11.7. The van der Waals surface area contributed by atoms with Gasteiger partial charge < -0.3 is 5.11 Å². The number of ketones is 2. The van der Waals surface area contributed by atoms with Crippen molar-refractivity contribution in [3.05, 3.63) is 42.2 Å². The van der Waals surface area contributed by atoms with Crippen LogP contribution in [0.4, 0.5) is 0 Å². The fraction of sp³-hybridized carbons (Fsp3) is 0.250. The molecule has 1 heterocycles. The predicted molar refractivity (Wildman–Crippen MR) is 77.0 cm³/mol. The van der Waals surface area contributed by atoms with Crippen LogP contribution in [-0.4, -0.2) is 27.6 Å². The Morgan fingerprint density at radius 2 is 1.71 bits per heavy atom. The Hall–Kier alpha value is -2.56. The third-order valence-electron chi connectivity index (χ3n) is 3.47. The molecular weight excluding hydrogens is 270 g/mol. The summed E-state index contributed by atoms with van der Waals surface area (Å²) in [6.07, 6.45) is 1.52. The van der Waals surface area contributed by atoms with Crippen molar-refractivity contribution in [3.63, 3.8) is 0 Å². The number of fused-ring (bicyclic) bond motifs is 1. The first-order valence-corrected chi connectivity index (χ1v) is 6.51. The lowest BCUT2D eigenvalue weighted by atomic mass is 9.82. The van der Waals surface area contributed by atoms with E-state index in [1.807, 2.05) is 12.1 Å². The van der Waals surface area contributed by atoms with Crippen molar-refractivity contribution in [1.29, 1.82) is 0 Å². The molecule has 1 N–H and O–H groups in total. The van der Waals surface area contributed by atoms with Crippen LogP contribution in [0.5, 0.6) is 0 Å². The summed E-state index contributed by atoms with van der Waals surface area (Å²) in [6.45, 7) is 2.47. The SMILES string of the molecule is CC(=O)C(C(=O)O)C(C(C)=O)c1nccc2ccccc12. The topological polar surface area (TPSA) is 84.3 Å². The van der Waals surface area contributed by atoms with Crippen LogP contribution in [0.3, 0.4) is 0 Å². The quantitative estimate of drug-likeness (QED) is 0.851. The zero-order chi connectivity index (χ0) is 15.6. The van der Waals surface area contributed by atoms with E-state index in [2.05, 4.69) is 4.98 Å². The molecule has 2 unspecified atom stereocenters. The lowest BCUT2D eigenvalue weighted by molar-refractivity contribution is -0.148. The fourth-order valence-corrected chi connectivity index (χ4v) is 2.53. The number of carboxylic acid groups (broad SMARTS) is 1. The van der Waals surface area contributed by atoms with Crippen molar-refractivity contribution < 1.29 is 19.5 Å². The molecule has 0 amide bonds. The number of hydrogen-bond acceptors (Lipinski definition) is 4. The highest BCUT2D eigenvalue weighted by atomic mass is 16.4. The van der Waals surface area contributed by atoms with Gasteiger partial charge in [0.05, 0.1) is 11.6 Å². The Kier molecular flexibility index (Phi) is 4.12. The lowest BCUT2D eigenvalue weighted by Crippen LogP contribution is -2.33. The Morgan fingerprint density at radius 3 is 2.29 bits per heavy atom. The van der Waals surface area contributed by atoms with Crippen LogP contribution in [0.25, 0.3) is 10.8 Å². The first kappa shape index (κ1) is 14.8. The van der Waals surface area contributed by atoms with Gasteiger partial charge >= 0.3 is 5.97 Å². The Balaban J connectivity index is 2.69. The highest BCUT2D eigenvalue weighted by Crippen LogP contribution is 2.31. The van der Waals surface area contributed by atoms with E-state index in [0.717, 1.165) is 5.39 Å². The molecule has 21 heavy (non-hydrogen) atoms. The van der Waals surface area contributed by atoms with E-state index in [-0.39, 0.29) is 5.78 Å². The van der Waals surface area contributed by atoms with Gasteiger partial charge in [0.15, 0.2) is 0 Å². The number of carboxylic acids is 1. The monoisotopic (exact) mass is 285 g/mol. The summed E-state index contributed by atoms with van der Waals surface area (Å²) >= 11 is 0. The molecule has 0 saturated carbocycles. The number of aliphatic carboxylic acids is 1. The number of Topliss-reactive ketones (excluding diaryl/α,β-unsaturated/α-hetero) is 2. The number of benzene rings is 1. The van der Waals surface area contributed by atoms with Gasteiger partial charge in [-0.15, -0.1) is 0 Å². The molecule has 2 rings (SSSR count). The molecule has 0 radical (unpaired) electrons. The molecule has 0 saturated heterocycles. The average molecular weight is 285 g/mol. The van der Waals surface area contributed by atoms with Gasteiger partial charge in [0.1, 0.15) is 17.5 Å². The maximum atomic E-state index is 12.0. The number of aromatic nitrogens is 1. The van der Waals surface area contributed by atoms with Crippen molar-refractivity contribution in [2.75, 3.05) is 0 Å². The van der Waals surface area contributed by atoms with Crippen LogP contribution in [0.1, 0.15) is 25.5 Å². The van der Waals surface area contributed by atoms with Crippen molar-refractivity contribution in [2.24, 2.45) is 5.92 Å². The van der Waals surface area contributed by atoms with Gasteiger partial charge in [-0.3, -0.25) is 19.4 Å². The van der Waals surface area contributed by atoms with E-state index in [1.54, 1.807) is 18.2 Å². The normalized spacial score (nSPS) is 13.6. The second-order valence-electron chi connectivity index (χ2n) is 4.93. The molecule has 0 spiro atoms. The van der Waals surface area contributed by atoms with Gasteiger partial charge in [-0.05, 0) is 25.3 Å². The lowest BCUT2D eigenvalue weighted by Gasteiger charge is -2.20. The van der Waals surface area contributed by atoms with Crippen molar-refractivity contribution in [1.82, 2.24) is 4.98 Å². The summed E-state index contributed by atoms with van der Waals surface area (Å²) in [5.41, 5.74) is 0.336. The molecule has 1 aromatic heterocycles. The van der Waals surface area contributed by atoms with Crippen molar-refractivity contribution in [2.45, 2.75) is 19.8 Å². The van der Waals surface area contributed by atoms with Crippen LogP contribution in [0.15, 0.2) is 36.5 Å². The van der Waals surface area contributed by atoms with Crippen LogP contribution >= 0.6 is 0 Å². The zero-order valence-corrected chi connectivity index (χ0v) is 11.7. The summed E-state index contributed by atoms with van der Waals surface area (Å²) in [5.74, 6) is -4.75. The Morgan fingerprint density at radius 1 is 1.05 bits per heavy atom. The molecule has 0 fully saturated rings. The number of hydrogen-bond donors (Lipinski definition) is 1. The standard InChI is InChI=1S/C16H15NO4/c1-9(18)13(14(10(2)19)16(20)21)15-12-6-4-3-5-11(12)7-8-17-15/h3-8,13-14H,1-2H3,(H,20,21). The molecular formula is C16H15NO4.